The first kappa shape index (κ1) is 12.9. The van der Waals surface area contributed by atoms with Gasteiger partial charge in [0.15, 0.2) is 5.60 Å². The summed E-state index contributed by atoms with van der Waals surface area (Å²) in [6, 6.07) is 8.04. The molecule has 3 nitrogen and oxygen atoms in total. The van der Waals surface area contributed by atoms with Crippen LogP contribution in [0.15, 0.2) is 24.3 Å². The van der Waals surface area contributed by atoms with E-state index in [1.54, 1.807) is 13.8 Å². The lowest BCUT2D eigenvalue weighted by atomic mass is 9.80. The van der Waals surface area contributed by atoms with Crippen molar-refractivity contribution in [3.8, 4) is 5.75 Å². The summed E-state index contributed by atoms with van der Waals surface area (Å²) in [6.45, 7) is 3.41. The zero-order chi connectivity index (χ0) is 13.2. The lowest BCUT2D eigenvalue weighted by Crippen LogP contribution is -2.39. The fraction of sp³-hybridized carbons (Fsp3) is 0.533. The van der Waals surface area contributed by atoms with E-state index in [2.05, 4.69) is 12.1 Å². The molecule has 1 fully saturated rings. The van der Waals surface area contributed by atoms with E-state index >= 15 is 0 Å². The maximum absolute atomic E-state index is 11.5. The molecular formula is C15H20O3. The van der Waals surface area contributed by atoms with Gasteiger partial charge < -0.3 is 9.47 Å². The highest BCUT2D eigenvalue weighted by atomic mass is 16.6. The molecule has 1 aliphatic rings. The molecule has 2 rings (SSSR count). The minimum absolute atomic E-state index is 0.370. The van der Waals surface area contributed by atoms with E-state index in [1.165, 1.54) is 31.9 Å². The number of carbonyl (C=O) groups is 1. The number of benzene rings is 1. The Bertz CT molecular complexity index is 416. The van der Waals surface area contributed by atoms with Crippen LogP contribution in [-0.2, 0) is 9.53 Å². The molecular weight excluding hydrogens is 228 g/mol. The summed E-state index contributed by atoms with van der Waals surface area (Å²) < 4.78 is 10.4. The highest BCUT2D eigenvalue weighted by molar-refractivity contribution is 5.78. The topological polar surface area (TPSA) is 35.5 Å². The molecule has 0 saturated heterocycles. The Morgan fingerprint density at radius 2 is 1.83 bits per heavy atom. The number of carbonyl (C=O) groups excluding carboxylic acids is 1. The largest absolute Gasteiger partial charge is 0.476 e. The van der Waals surface area contributed by atoms with Crippen molar-refractivity contribution in [2.75, 3.05) is 7.11 Å². The van der Waals surface area contributed by atoms with Crippen molar-refractivity contribution >= 4 is 5.97 Å². The minimum atomic E-state index is -0.952. The fourth-order valence-electron chi connectivity index (χ4n) is 2.13. The SMILES string of the molecule is COC(=O)C(C)(C)Oc1ccc(C2CCC2)cc1. The number of hydrogen-bond acceptors (Lipinski definition) is 3. The van der Waals surface area contributed by atoms with Gasteiger partial charge in [-0.05, 0) is 50.3 Å². The highest BCUT2D eigenvalue weighted by Gasteiger charge is 2.31. The number of hydrogen-bond donors (Lipinski definition) is 0. The van der Waals surface area contributed by atoms with Crippen LogP contribution in [0.1, 0.15) is 44.6 Å². The van der Waals surface area contributed by atoms with E-state index in [0.717, 1.165) is 0 Å². The predicted octanol–water partition coefficient (Wildman–Crippen LogP) is 3.28. The summed E-state index contributed by atoms with van der Waals surface area (Å²) in [5, 5.41) is 0. The van der Waals surface area contributed by atoms with Crippen molar-refractivity contribution in [1.82, 2.24) is 0 Å². The molecule has 1 aliphatic carbocycles. The van der Waals surface area contributed by atoms with E-state index in [9.17, 15) is 4.79 Å². The molecule has 0 unspecified atom stereocenters. The quantitative estimate of drug-likeness (QED) is 0.767. The van der Waals surface area contributed by atoms with Crippen LogP contribution in [0.5, 0.6) is 5.75 Å². The first-order chi connectivity index (χ1) is 8.53. The van der Waals surface area contributed by atoms with Crippen molar-refractivity contribution in [3.63, 3.8) is 0 Å². The second-order valence-electron chi connectivity index (χ2n) is 5.30. The van der Waals surface area contributed by atoms with Crippen LogP contribution >= 0.6 is 0 Å². The van der Waals surface area contributed by atoms with Gasteiger partial charge in [-0.2, -0.15) is 0 Å². The van der Waals surface area contributed by atoms with Crippen LogP contribution in [0.25, 0.3) is 0 Å². The van der Waals surface area contributed by atoms with Crippen molar-refractivity contribution in [2.24, 2.45) is 0 Å². The molecule has 0 bridgehead atoms. The molecule has 0 aliphatic heterocycles. The molecule has 0 radical (unpaired) electrons. The summed E-state index contributed by atoms with van der Waals surface area (Å²) >= 11 is 0. The second-order valence-corrected chi connectivity index (χ2v) is 5.30. The zero-order valence-electron chi connectivity index (χ0n) is 11.2. The fourth-order valence-corrected chi connectivity index (χ4v) is 2.13. The first-order valence-electron chi connectivity index (χ1n) is 6.40. The summed E-state index contributed by atoms with van der Waals surface area (Å²) in [6.07, 6.45) is 3.90. The third-order valence-corrected chi connectivity index (χ3v) is 3.51. The molecule has 0 aromatic heterocycles. The van der Waals surface area contributed by atoms with Crippen molar-refractivity contribution in [2.45, 2.75) is 44.6 Å². The molecule has 1 aromatic carbocycles. The second kappa shape index (κ2) is 5.01. The molecule has 1 aromatic rings. The summed E-state index contributed by atoms with van der Waals surface area (Å²) in [5.41, 5.74) is 0.414. The number of esters is 1. The van der Waals surface area contributed by atoms with Gasteiger partial charge in [-0.1, -0.05) is 18.6 Å². The van der Waals surface area contributed by atoms with Crippen LogP contribution < -0.4 is 4.74 Å². The molecule has 0 atom stereocenters. The van der Waals surface area contributed by atoms with Crippen LogP contribution in [-0.4, -0.2) is 18.7 Å². The van der Waals surface area contributed by atoms with Gasteiger partial charge in [0.25, 0.3) is 0 Å². The van der Waals surface area contributed by atoms with E-state index in [-0.39, 0.29) is 5.97 Å². The van der Waals surface area contributed by atoms with E-state index in [1.807, 2.05) is 12.1 Å². The Morgan fingerprint density at radius 3 is 2.28 bits per heavy atom. The zero-order valence-corrected chi connectivity index (χ0v) is 11.2. The van der Waals surface area contributed by atoms with Crippen molar-refractivity contribution in [1.29, 1.82) is 0 Å². The van der Waals surface area contributed by atoms with Gasteiger partial charge >= 0.3 is 5.97 Å². The van der Waals surface area contributed by atoms with Crippen LogP contribution in [0.3, 0.4) is 0 Å². The van der Waals surface area contributed by atoms with Crippen LogP contribution in [0, 0.1) is 0 Å². The van der Waals surface area contributed by atoms with Crippen LogP contribution in [0.4, 0.5) is 0 Å². The maximum atomic E-state index is 11.5. The van der Waals surface area contributed by atoms with Gasteiger partial charge in [0.05, 0.1) is 7.11 Å². The highest BCUT2D eigenvalue weighted by Crippen LogP contribution is 2.36. The molecule has 3 heteroatoms. The number of ether oxygens (including phenoxy) is 2. The van der Waals surface area contributed by atoms with Gasteiger partial charge in [0, 0.05) is 0 Å². The number of rotatable bonds is 4. The average molecular weight is 248 g/mol. The smallest absolute Gasteiger partial charge is 0.349 e. The molecule has 0 amide bonds. The standard InChI is InChI=1S/C15H20O3/c1-15(2,14(16)17-3)18-13-9-7-12(8-10-13)11-5-4-6-11/h7-11H,4-6H2,1-3H3. The Hall–Kier alpha value is -1.51. The van der Waals surface area contributed by atoms with E-state index < -0.39 is 5.60 Å². The minimum Gasteiger partial charge on any atom is -0.476 e. The normalized spacial score (nSPS) is 15.9. The Kier molecular flexibility index (Phi) is 3.60. The summed E-state index contributed by atoms with van der Waals surface area (Å²) in [7, 11) is 1.37. The molecule has 98 valence electrons. The Balaban J connectivity index is 2.03. The summed E-state index contributed by atoms with van der Waals surface area (Å²) in [4.78, 5) is 11.5. The average Bonchev–Trinajstić information content (AvgIpc) is 2.28. The van der Waals surface area contributed by atoms with Crippen molar-refractivity contribution < 1.29 is 14.3 Å². The molecule has 18 heavy (non-hydrogen) atoms. The lowest BCUT2D eigenvalue weighted by Gasteiger charge is -2.27. The first-order valence-corrected chi connectivity index (χ1v) is 6.40. The lowest BCUT2D eigenvalue weighted by molar-refractivity contribution is -0.156. The molecule has 0 spiro atoms. The third-order valence-electron chi connectivity index (χ3n) is 3.51. The van der Waals surface area contributed by atoms with E-state index in [4.69, 9.17) is 9.47 Å². The van der Waals surface area contributed by atoms with E-state index in [0.29, 0.717) is 11.7 Å². The summed E-state index contributed by atoms with van der Waals surface area (Å²) in [5.74, 6) is 1.05. The van der Waals surface area contributed by atoms with Crippen molar-refractivity contribution in [3.05, 3.63) is 29.8 Å². The van der Waals surface area contributed by atoms with Gasteiger partial charge in [0.2, 0.25) is 0 Å². The molecule has 1 saturated carbocycles. The maximum Gasteiger partial charge on any atom is 0.349 e. The number of methoxy groups -OCH3 is 1. The van der Waals surface area contributed by atoms with Gasteiger partial charge in [0.1, 0.15) is 5.75 Å². The van der Waals surface area contributed by atoms with Gasteiger partial charge in [-0.15, -0.1) is 0 Å². The molecule has 0 N–H and O–H groups in total. The predicted molar refractivity (Wildman–Crippen MR) is 69.8 cm³/mol. The van der Waals surface area contributed by atoms with Crippen LogP contribution in [0.2, 0.25) is 0 Å². The Morgan fingerprint density at radius 1 is 1.22 bits per heavy atom. The van der Waals surface area contributed by atoms with Gasteiger partial charge in [-0.3, -0.25) is 0 Å². The molecule has 0 heterocycles. The third kappa shape index (κ3) is 2.66. The monoisotopic (exact) mass is 248 g/mol. The Labute approximate surface area is 108 Å². The van der Waals surface area contributed by atoms with Gasteiger partial charge in [-0.25, -0.2) is 4.79 Å².